The van der Waals surface area contributed by atoms with Gasteiger partial charge in [0.2, 0.25) is 0 Å². The Balaban J connectivity index is 0.000000189. The van der Waals surface area contributed by atoms with Crippen molar-refractivity contribution >= 4 is 5.78 Å². The van der Waals surface area contributed by atoms with Crippen molar-refractivity contribution in [2.24, 2.45) is 0 Å². The van der Waals surface area contributed by atoms with Crippen molar-refractivity contribution in [3.63, 3.8) is 0 Å². The van der Waals surface area contributed by atoms with Gasteiger partial charge < -0.3 is 10.0 Å². The predicted octanol–water partition coefficient (Wildman–Crippen LogP) is 7.20. The minimum atomic E-state index is -0.389. The minimum absolute atomic E-state index is 0.171. The summed E-state index contributed by atoms with van der Waals surface area (Å²) in [6, 6.07) is 29.4. The molecule has 0 atom stereocenters. The summed E-state index contributed by atoms with van der Waals surface area (Å²) in [6.45, 7) is 13.1. The third-order valence-electron chi connectivity index (χ3n) is 9.31. The Bertz CT molecular complexity index is 1170. The van der Waals surface area contributed by atoms with E-state index in [1.54, 1.807) is 12.1 Å². The molecule has 2 fully saturated rings. The number of phenols is 1. The summed E-state index contributed by atoms with van der Waals surface area (Å²) < 4.78 is 0. The van der Waals surface area contributed by atoms with Crippen LogP contribution in [-0.2, 0) is 15.6 Å². The average molecular weight is 541 g/mol. The minimum Gasteiger partial charge on any atom is -0.508 e. The van der Waals surface area contributed by atoms with Gasteiger partial charge in [-0.3, -0.25) is 9.69 Å². The van der Waals surface area contributed by atoms with E-state index in [2.05, 4.69) is 98.3 Å². The summed E-state index contributed by atoms with van der Waals surface area (Å²) in [5.74, 6) is 0.538. The zero-order chi connectivity index (χ0) is 28.8. The lowest BCUT2D eigenvalue weighted by Crippen LogP contribution is -2.50. The van der Waals surface area contributed by atoms with E-state index < -0.39 is 0 Å². The highest BCUT2D eigenvalue weighted by atomic mass is 16.3. The lowest BCUT2D eigenvalue weighted by molar-refractivity contribution is -0.126. The zero-order valence-corrected chi connectivity index (χ0v) is 25.2. The number of likely N-dealkylation sites (tertiary alicyclic amines) is 2. The smallest absolute Gasteiger partial charge is 0.143 e. The number of carbonyl (C=O) groups excluding carboxylic acids is 1. The first-order valence-corrected chi connectivity index (χ1v) is 15.0. The van der Waals surface area contributed by atoms with E-state index in [0.29, 0.717) is 12.2 Å². The Kier molecular flexibility index (Phi) is 9.53. The van der Waals surface area contributed by atoms with Crippen LogP contribution in [0.5, 0.6) is 5.75 Å². The van der Waals surface area contributed by atoms with Crippen LogP contribution >= 0.6 is 0 Å². The van der Waals surface area contributed by atoms with Crippen LogP contribution in [-0.4, -0.2) is 59.5 Å². The van der Waals surface area contributed by atoms with E-state index in [-0.39, 0.29) is 22.1 Å². The van der Waals surface area contributed by atoms with Crippen LogP contribution in [0.3, 0.4) is 0 Å². The van der Waals surface area contributed by atoms with Gasteiger partial charge in [-0.25, -0.2) is 0 Å². The lowest BCUT2D eigenvalue weighted by Gasteiger charge is -2.47. The van der Waals surface area contributed by atoms with Crippen molar-refractivity contribution in [3.05, 3.63) is 102 Å². The second-order valence-electron chi connectivity index (χ2n) is 12.7. The first-order chi connectivity index (χ1) is 19.1. The van der Waals surface area contributed by atoms with Gasteiger partial charge in [0.15, 0.2) is 0 Å². The van der Waals surface area contributed by atoms with Crippen molar-refractivity contribution in [2.45, 2.75) is 76.2 Å². The molecule has 0 aliphatic carbocycles. The second-order valence-corrected chi connectivity index (χ2v) is 12.7. The average Bonchev–Trinajstić information content (AvgIpc) is 2.98. The maximum absolute atomic E-state index is 12.4. The molecule has 214 valence electrons. The van der Waals surface area contributed by atoms with E-state index >= 15 is 0 Å². The highest BCUT2D eigenvalue weighted by Gasteiger charge is 2.41. The maximum atomic E-state index is 12.4. The molecule has 0 saturated carbocycles. The predicted molar refractivity (Wildman–Crippen MR) is 166 cm³/mol. The summed E-state index contributed by atoms with van der Waals surface area (Å²) in [7, 11) is 2.09. The summed E-state index contributed by atoms with van der Waals surface area (Å²) in [4.78, 5) is 17.3. The molecule has 4 nitrogen and oxygen atoms in total. The fourth-order valence-corrected chi connectivity index (χ4v) is 6.69. The van der Waals surface area contributed by atoms with E-state index in [1.807, 2.05) is 19.1 Å². The van der Waals surface area contributed by atoms with Gasteiger partial charge in [0.05, 0.1) is 5.41 Å². The number of hydrogen-bond donors (Lipinski definition) is 1. The summed E-state index contributed by atoms with van der Waals surface area (Å²) in [6.07, 6.45) is 4.63. The Labute approximate surface area is 242 Å². The number of rotatable bonds is 5. The van der Waals surface area contributed by atoms with Crippen molar-refractivity contribution in [3.8, 4) is 5.75 Å². The van der Waals surface area contributed by atoms with Gasteiger partial charge in [0, 0.05) is 17.4 Å². The van der Waals surface area contributed by atoms with Crippen LogP contribution < -0.4 is 0 Å². The number of piperidine rings is 2. The summed E-state index contributed by atoms with van der Waals surface area (Å²) in [5, 5.41) is 9.64. The number of hydrogen-bond acceptors (Lipinski definition) is 4. The molecular formula is C36H48N2O2. The van der Waals surface area contributed by atoms with Crippen molar-refractivity contribution in [1.82, 2.24) is 9.80 Å². The highest BCUT2D eigenvalue weighted by molar-refractivity contribution is 5.90. The van der Waals surface area contributed by atoms with Gasteiger partial charge in [-0.2, -0.15) is 0 Å². The Morgan fingerprint density at radius 3 is 1.70 bits per heavy atom. The molecule has 2 heterocycles. The molecule has 4 heteroatoms. The van der Waals surface area contributed by atoms with Crippen LogP contribution in [0, 0.1) is 0 Å². The fourth-order valence-electron chi connectivity index (χ4n) is 6.69. The van der Waals surface area contributed by atoms with Crippen molar-refractivity contribution in [1.29, 1.82) is 0 Å². The van der Waals surface area contributed by atoms with E-state index in [1.165, 1.54) is 24.0 Å². The van der Waals surface area contributed by atoms with Gasteiger partial charge in [0.25, 0.3) is 0 Å². The molecule has 3 aromatic carbocycles. The molecule has 5 rings (SSSR count). The van der Waals surface area contributed by atoms with Crippen molar-refractivity contribution in [2.75, 3.05) is 33.2 Å². The third kappa shape index (κ3) is 6.50. The third-order valence-corrected chi connectivity index (χ3v) is 9.31. The van der Waals surface area contributed by atoms with Crippen LogP contribution in [0.2, 0.25) is 0 Å². The van der Waals surface area contributed by atoms with Gasteiger partial charge in [-0.15, -0.1) is 0 Å². The first-order valence-electron chi connectivity index (χ1n) is 15.0. The number of aromatic hydroxyl groups is 1. The molecule has 3 aromatic rings. The zero-order valence-electron chi connectivity index (χ0n) is 25.2. The van der Waals surface area contributed by atoms with Crippen LogP contribution in [0.4, 0.5) is 0 Å². The largest absolute Gasteiger partial charge is 0.508 e. The number of carbonyl (C=O) groups is 1. The SMILES string of the molecule is CC(C)(C)N1CCC(c2ccccc2)(c2ccccc2)CC1.CCC(=O)C1(c2cccc(O)c2)CCN(C)CC1. The number of nitrogens with zero attached hydrogens (tertiary/aromatic N) is 2. The molecule has 2 aliphatic rings. The highest BCUT2D eigenvalue weighted by Crippen LogP contribution is 2.43. The Morgan fingerprint density at radius 2 is 1.25 bits per heavy atom. The standard InChI is InChI=1S/C21H27N.C15H21NO2/c1-20(2,3)22-16-14-21(15-17-22,18-10-6-4-7-11-18)19-12-8-5-9-13-19;1-3-14(18)15(7-9-16(2)10-8-15)12-5-4-6-13(17)11-12/h4-13H,14-17H2,1-3H3;4-6,11,17H,3,7-10H2,1-2H3. The molecular weight excluding hydrogens is 492 g/mol. The molecule has 2 aliphatic heterocycles. The fraction of sp³-hybridized carbons (Fsp3) is 0.472. The summed E-state index contributed by atoms with van der Waals surface area (Å²) in [5.41, 5.74) is 3.95. The molecule has 0 amide bonds. The van der Waals surface area contributed by atoms with Gasteiger partial charge in [0.1, 0.15) is 11.5 Å². The Morgan fingerprint density at radius 1 is 0.750 bits per heavy atom. The van der Waals surface area contributed by atoms with E-state index in [0.717, 1.165) is 44.6 Å². The first kappa shape index (κ1) is 30.0. The monoisotopic (exact) mass is 540 g/mol. The normalized spacial score (nSPS) is 19.3. The van der Waals surface area contributed by atoms with Crippen molar-refractivity contribution < 1.29 is 9.90 Å². The quantitative estimate of drug-likeness (QED) is 0.372. The number of Topliss-reactive ketones (excluding diaryl/α,β-unsaturated/α-hetero) is 1. The van der Waals surface area contributed by atoms with Gasteiger partial charge in [-0.1, -0.05) is 79.7 Å². The van der Waals surface area contributed by atoms with E-state index in [4.69, 9.17) is 0 Å². The maximum Gasteiger partial charge on any atom is 0.143 e. The molecule has 0 bridgehead atoms. The molecule has 2 saturated heterocycles. The van der Waals surface area contributed by atoms with E-state index in [9.17, 15) is 9.90 Å². The molecule has 1 N–H and O–H groups in total. The molecule has 0 aromatic heterocycles. The number of phenolic OH excluding ortho intramolecular Hbond substituents is 1. The summed E-state index contributed by atoms with van der Waals surface area (Å²) >= 11 is 0. The topological polar surface area (TPSA) is 43.8 Å². The molecule has 0 spiro atoms. The molecule has 0 radical (unpaired) electrons. The number of ketones is 1. The van der Waals surface area contributed by atoms with Crippen LogP contribution in [0.15, 0.2) is 84.9 Å². The van der Waals surface area contributed by atoms with Gasteiger partial charge >= 0.3 is 0 Å². The number of benzene rings is 3. The molecule has 0 unspecified atom stereocenters. The van der Waals surface area contributed by atoms with Crippen LogP contribution in [0.1, 0.15) is 76.5 Å². The van der Waals surface area contributed by atoms with Gasteiger partial charge in [-0.05, 0) is 109 Å². The second kappa shape index (κ2) is 12.7. The Hall–Kier alpha value is -2.95. The molecule has 40 heavy (non-hydrogen) atoms. The van der Waals surface area contributed by atoms with Crippen LogP contribution in [0.25, 0.3) is 0 Å². The lowest BCUT2D eigenvalue weighted by atomic mass is 9.67.